The summed E-state index contributed by atoms with van der Waals surface area (Å²) in [5.41, 5.74) is 1.49. The van der Waals surface area contributed by atoms with Crippen LogP contribution in [-0.2, 0) is 17.8 Å². The molecule has 1 aliphatic rings. The van der Waals surface area contributed by atoms with Crippen molar-refractivity contribution in [2.75, 3.05) is 26.2 Å². The number of nitrogens with zero attached hydrogens (tertiary/aromatic N) is 1. The molecule has 0 saturated carbocycles. The van der Waals surface area contributed by atoms with Gasteiger partial charge in [0.15, 0.2) is 0 Å². The molecule has 5 nitrogen and oxygen atoms in total. The molecule has 1 fully saturated rings. The van der Waals surface area contributed by atoms with Crippen LogP contribution in [0, 0.1) is 5.82 Å². The second kappa shape index (κ2) is 10.1. The normalized spacial score (nSPS) is 16.6. The highest BCUT2D eigenvalue weighted by Crippen LogP contribution is 2.19. The van der Waals surface area contributed by atoms with Gasteiger partial charge in [-0.3, -0.25) is 0 Å². The molecular formula is C22H27FN2O3. The first-order chi connectivity index (χ1) is 13.7. The molecular weight excluding hydrogens is 359 g/mol. The molecule has 0 aliphatic carbocycles. The van der Waals surface area contributed by atoms with E-state index in [9.17, 15) is 9.18 Å². The lowest BCUT2D eigenvalue weighted by Gasteiger charge is -2.34. The number of hydrogen-bond acceptors (Lipinski definition) is 4. The van der Waals surface area contributed by atoms with Crippen molar-refractivity contribution in [1.29, 1.82) is 0 Å². The van der Waals surface area contributed by atoms with Gasteiger partial charge in [0.25, 0.3) is 0 Å². The van der Waals surface area contributed by atoms with Gasteiger partial charge in [0.05, 0.1) is 6.61 Å². The third kappa shape index (κ3) is 5.45. The van der Waals surface area contributed by atoms with Gasteiger partial charge in [0, 0.05) is 37.7 Å². The summed E-state index contributed by atoms with van der Waals surface area (Å²) in [6.07, 6.45) is 1.22. The van der Waals surface area contributed by atoms with Crippen LogP contribution in [0.2, 0.25) is 0 Å². The quantitative estimate of drug-likeness (QED) is 0.787. The van der Waals surface area contributed by atoms with Crippen molar-refractivity contribution in [3.05, 3.63) is 65.5 Å². The minimum Gasteiger partial charge on any atom is -0.493 e. The number of nitrogens with one attached hydrogen (secondary N) is 1. The zero-order valence-electron chi connectivity index (χ0n) is 16.2. The van der Waals surface area contributed by atoms with Gasteiger partial charge in [-0.1, -0.05) is 37.3 Å². The summed E-state index contributed by atoms with van der Waals surface area (Å²) in [7, 11) is 0. The summed E-state index contributed by atoms with van der Waals surface area (Å²) in [5.74, 6) is 0.160. The van der Waals surface area contributed by atoms with Crippen LogP contribution in [0.1, 0.15) is 24.5 Å². The number of hydrogen-bond donors (Lipinski definition) is 1. The Bertz CT molecular complexity index is 770. The maximum Gasteiger partial charge on any atom is 0.410 e. The summed E-state index contributed by atoms with van der Waals surface area (Å²) in [5, 5.41) is 3.27. The second-order valence-corrected chi connectivity index (χ2v) is 6.85. The molecule has 3 rings (SSSR count). The van der Waals surface area contributed by atoms with Crippen molar-refractivity contribution in [3.8, 4) is 5.75 Å². The summed E-state index contributed by atoms with van der Waals surface area (Å²) in [4.78, 5) is 14.1. The van der Waals surface area contributed by atoms with Gasteiger partial charge in [-0.05, 0) is 30.2 Å². The third-order valence-corrected chi connectivity index (χ3v) is 4.93. The van der Waals surface area contributed by atoms with Crippen LogP contribution in [-0.4, -0.2) is 43.3 Å². The van der Waals surface area contributed by atoms with Gasteiger partial charge in [-0.15, -0.1) is 0 Å². The van der Waals surface area contributed by atoms with Crippen LogP contribution in [0.5, 0.6) is 5.75 Å². The lowest BCUT2D eigenvalue weighted by molar-refractivity contribution is 0.0706. The zero-order valence-corrected chi connectivity index (χ0v) is 16.2. The van der Waals surface area contributed by atoms with E-state index in [1.54, 1.807) is 17.0 Å². The molecule has 28 heavy (non-hydrogen) atoms. The van der Waals surface area contributed by atoms with E-state index in [4.69, 9.17) is 9.47 Å². The van der Waals surface area contributed by atoms with Gasteiger partial charge < -0.3 is 19.7 Å². The Labute approximate surface area is 165 Å². The van der Waals surface area contributed by atoms with E-state index in [0.29, 0.717) is 24.5 Å². The van der Waals surface area contributed by atoms with E-state index >= 15 is 0 Å². The Balaban J connectivity index is 1.53. The molecule has 2 aromatic carbocycles. The summed E-state index contributed by atoms with van der Waals surface area (Å²) < 4.78 is 25.2. The number of carbonyl (C=O) groups is 1. The van der Waals surface area contributed by atoms with E-state index < -0.39 is 11.9 Å². The predicted octanol–water partition coefficient (Wildman–Crippen LogP) is 3.77. The van der Waals surface area contributed by atoms with Crippen LogP contribution >= 0.6 is 0 Å². The largest absolute Gasteiger partial charge is 0.493 e. The lowest BCUT2D eigenvalue weighted by Crippen LogP contribution is -2.53. The molecule has 1 N–H and O–H groups in total. The van der Waals surface area contributed by atoms with Crippen molar-refractivity contribution in [2.24, 2.45) is 0 Å². The third-order valence-electron chi connectivity index (χ3n) is 4.93. The van der Waals surface area contributed by atoms with Gasteiger partial charge in [-0.25, -0.2) is 9.18 Å². The second-order valence-electron chi connectivity index (χ2n) is 6.85. The number of amides is 1. The highest BCUT2D eigenvalue weighted by Gasteiger charge is 2.26. The molecule has 150 valence electrons. The maximum absolute atomic E-state index is 14.1. The molecule has 0 bridgehead atoms. The molecule has 1 atom stereocenters. The first-order valence-corrected chi connectivity index (χ1v) is 9.76. The molecule has 1 saturated heterocycles. The fourth-order valence-corrected chi connectivity index (χ4v) is 3.27. The Hall–Kier alpha value is -2.60. The number of carbonyl (C=O) groups excluding carboxylic acids is 1. The fourth-order valence-electron chi connectivity index (χ4n) is 3.27. The maximum atomic E-state index is 14.1. The molecule has 1 amide bonds. The molecule has 2 aromatic rings. The average Bonchev–Trinajstić information content (AvgIpc) is 2.74. The highest BCUT2D eigenvalue weighted by molar-refractivity contribution is 5.68. The predicted molar refractivity (Wildman–Crippen MR) is 106 cm³/mol. The minimum absolute atomic E-state index is 0.110. The van der Waals surface area contributed by atoms with Crippen molar-refractivity contribution in [1.82, 2.24) is 10.2 Å². The van der Waals surface area contributed by atoms with E-state index in [1.165, 1.54) is 11.6 Å². The molecule has 6 heteroatoms. The Morgan fingerprint density at radius 3 is 2.86 bits per heavy atom. The first-order valence-electron chi connectivity index (χ1n) is 9.76. The van der Waals surface area contributed by atoms with Gasteiger partial charge in [0.2, 0.25) is 0 Å². The van der Waals surface area contributed by atoms with E-state index in [0.717, 1.165) is 25.9 Å². The standard InChI is InChI=1S/C22H27FN2O3/c1-2-19-15-24-11-12-25(19)22(26)28-16-18-14-20(8-9-21(18)23)27-13-10-17-6-4-3-5-7-17/h3-9,14,19,24H,2,10-13,15-16H2,1H3. The first kappa shape index (κ1) is 20.1. The topological polar surface area (TPSA) is 50.8 Å². The summed E-state index contributed by atoms with van der Waals surface area (Å²) in [6.45, 7) is 4.51. The number of halogens is 1. The Kier molecular flexibility index (Phi) is 7.25. The van der Waals surface area contributed by atoms with Crippen molar-refractivity contribution >= 4 is 6.09 Å². The lowest BCUT2D eigenvalue weighted by atomic mass is 10.1. The van der Waals surface area contributed by atoms with Crippen molar-refractivity contribution < 1.29 is 18.7 Å². The average molecular weight is 386 g/mol. The smallest absolute Gasteiger partial charge is 0.410 e. The highest BCUT2D eigenvalue weighted by atomic mass is 19.1. The Morgan fingerprint density at radius 2 is 2.07 bits per heavy atom. The fraction of sp³-hybridized carbons (Fsp3) is 0.409. The molecule has 1 aliphatic heterocycles. The van der Waals surface area contributed by atoms with E-state index in [2.05, 4.69) is 5.32 Å². The molecule has 1 unspecified atom stereocenters. The number of ether oxygens (including phenoxy) is 2. The molecule has 0 aromatic heterocycles. The van der Waals surface area contributed by atoms with Gasteiger partial charge in [-0.2, -0.15) is 0 Å². The van der Waals surface area contributed by atoms with Crippen LogP contribution in [0.15, 0.2) is 48.5 Å². The number of benzene rings is 2. The van der Waals surface area contributed by atoms with Gasteiger partial charge in [0.1, 0.15) is 18.2 Å². The van der Waals surface area contributed by atoms with Crippen LogP contribution in [0.25, 0.3) is 0 Å². The van der Waals surface area contributed by atoms with Crippen LogP contribution in [0.4, 0.5) is 9.18 Å². The van der Waals surface area contributed by atoms with E-state index in [-0.39, 0.29) is 12.6 Å². The zero-order chi connectivity index (χ0) is 19.8. The summed E-state index contributed by atoms with van der Waals surface area (Å²) >= 11 is 0. The van der Waals surface area contributed by atoms with Crippen LogP contribution in [0.3, 0.4) is 0 Å². The summed E-state index contributed by atoms with van der Waals surface area (Å²) in [6, 6.07) is 14.7. The Morgan fingerprint density at radius 1 is 1.25 bits per heavy atom. The monoisotopic (exact) mass is 386 g/mol. The van der Waals surface area contributed by atoms with Gasteiger partial charge >= 0.3 is 6.09 Å². The molecule has 0 radical (unpaired) electrons. The number of rotatable bonds is 7. The van der Waals surface area contributed by atoms with Crippen molar-refractivity contribution in [3.63, 3.8) is 0 Å². The molecule has 1 heterocycles. The van der Waals surface area contributed by atoms with E-state index in [1.807, 2.05) is 37.3 Å². The van der Waals surface area contributed by atoms with Crippen molar-refractivity contribution in [2.45, 2.75) is 32.4 Å². The van der Waals surface area contributed by atoms with Crippen LogP contribution < -0.4 is 10.1 Å². The SMILES string of the molecule is CCC1CNCCN1C(=O)OCc1cc(OCCc2ccccc2)ccc1F. The molecule has 0 spiro atoms. The number of piperazine rings is 1. The minimum atomic E-state index is -0.407.